The van der Waals surface area contributed by atoms with E-state index >= 15 is 0 Å². The Morgan fingerprint density at radius 3 is 1.73 bits per heavy atom. The summed E-state index contributed by atoms with van der Waals surface area (Å²) < 4.78 is 33.3. The molecular formula is C5H7F3O3. The molecule has 0 rings (SSSR count). The number of hydrogen-bond acceptors (Lipinski definition) is 1. The Bertz CT molecular complexity index is 140. The van der Waals surface area contributed by atoms with Crippen LogP contribution in [0.15, 0.2) is 11.9 Å². The number of rotatable bonds is 1. The molecule has 0 aromatic rings. The third-order valence-corrected chi connectivity index (χ3v) is 0.484. The van der Waals surface area contributed by atoms with Gasteiger partial charge in [0.2, 0.25) is 0 Å². The first kappa shape index (κ1) is 12.5. The van der Waals surface area contributed by atoms with Crippen LogP contribution in [0.4, 0.5) is 18.0 Å². The Balaban J connectivity index is 0. The van der Waals surface area contributed by atoms with Gasteiger partial charge in [0, 0.05) is 0 Å². The highest BCUT2D eigenvalue weighted by atomic mass is 19.3. The van der Waals surface area contributed by atoms with Crippen molar-refractivity contribution in [1.29, 1.82) is 0 Å². The predicted molar refractivity (Wildman–Crippen MR) is 31.5 cm³/mol. The molecule has 0 fully saturated rings. The summed E-state index contributed by atoms with van der Waals surface area (Å²) in [5.41, 5.74) is 0. The minimum atomic E-state index is -2.94. The number of carboxylic acid groups (broad SMARTS) is 2. The average Bonchev–Trinajstić information content (AvgIpc) is 1.85. The first-order valence-corrected chi connectivity index (χ1v) is 2.43. The zero-order chi connectivity index (χ0) is 9.44. The molecule has 0 aliphatic carbocycles. The molecule has 0 aromatic heterocycles. The van der Waals surface area contributed by atoms with Gasteiger partial charge >= 0.3 is 6.16 Å². The van der Waals surface area contributed by atoms with Crippen molar-refractivity contribution in [1.82, 2.24) is 0 Å². The van der Waals surface area contributed by atoms with Crippen molar-refractivity contribution >= 4 is 6.16 Å². The minimum absolute atomic E-state index is 0.741. The Labute approximate surface area is 60.8 Å². The summed E-state index contributed by atoms with van der Waals surface area (Å²) in [6, 6.07) is 0. The largest absolute Gasteiger partial charge is 0.503 e. The van der Waals surface area contributed by atoms with Crippen LogP contribution in [-0.2, 0) is 0 Å². The first-order chi connectivity index (χ1) is 4.91. The summed E-state index contributed by atoms with van der Waals surface area (Å²) in [6.45, 7) is 1.22. The summed E-state index contributed by atoms with van der Waals surface area (Å²) in [4.78, 5) is 8.56. The van der Waals surface area contributed by atoms with Gasteiger partial charge in [-0.2, -0.15) is 0 Å². The van der Waals surface area contributed by atoms with Gasteiger partial charge in [-0.1, -0.05) is 6.08 Å². The van der Waals surface area contributed by atoms with Crippen molar-refractivity contribution < 1.29 is 28.2 Å². The fraction of sp³-hybridized carbons (Fsp3) is 0.400. The maximum absolute atomic E-state index is 11.4. The summed E-state index contributed by atoms with van der Waals surface area (Å²) >= 11 is 0. The molecule has 0 atom stereocenters. The van der Waals surface area contributed by atoms with Crippen LogP contribution in [0, 0.1) is 0 Å². The summed E-state index contributed by atoms with van der Waals surface area (Å²) in [5, 5.41) is 13.9. The van der Waals surface area contributed by atoms with E-state index in [9.17, 15) is 13.2 Å². The number of allylic oxidation sites excluding steroid dienone is 2. The topological polar surface area (TPSA) is 57.5 Å². The third kappa shape index (κ3) is 17.7. The molecule has 0 amide bonds. The quantitative estimate of drug-likeness (QED) is 0.638. The minimum Gasteiger partial charge on any atom is -0.450 e. The van der Waals surface area contributed by atoms with Gasteiger partial charge < -0.3 is 10.2 Å². The van der Waals surface area contributed by atoms with Crippen LogP contribution >= 0.6 is 0 Å². The molecule has 0 unspecified atom stereocenters. The van der Waals surface area contributed by atoms with Crippen molar-refractivity contribution in [2.45, 2.75) is 13.3 Å². The standard InChI is InChI=1S/C4H5F3.CH2O3/c1-2-3(5)4(6)7;2-1(3)4/h2,4H,1H3;(H2,2,3,4). The van der Waals surface area contributed by atoms with Crippen molar-refractivity contribution in [3.8, 4) is 0 Å². The molecular weight excluding hydrogens is 165 g/mol. The van der Waals surface area contributed by atoms with Crippen LogP contribution in [-0.4, -0.2) is 22.8 Å². The highest BCUT2D eigenvalue weighted by Crippen LogP contribution is 2.07. The fourth-order valence-corrected chi connectivity index (χ4v) is 0.126. The van der Waals surface area contributed by atoms with E-state index in [1.54, 1.807) is 0 Å². The number of carbonyl (C=O) groups is 1. The third-order valence-electron chi connectivity index (χ3n) is 0.484. The smallest absolute Gasteiger partial charge is 0.450 e. The van der Waals surface area contributed by atoms with E-state index in [1.165, 1.54) is 6.92 Å². The van der Waals surface area contributed by atoms with E-state index in [2.05, 4.69) is 0 Å². The van der Waals surface area contributed by atoms with Gasteiger partial charge in [-0.05, 0) is 6.92 Å². The zero-order valence-electron chi connectivity index (χ0n) is 5.59. The average molecular weight is 172 g/mol. The molecule has 0 aliphatic rings. The second-order valence-corrected chi connectivity index (χ2v) is 1.26. The van der Waals surface area contributed by atoms with Gasteiger partial charge in [0.1, 0.15) is 0 Å². The van der Waals surface area contributed by atoms with E-state index in [4.69, 9.17) is 15.0 Å². The molecule has 0 aromatic carbocycles. The van der Waals surface area contributed by atoms with Gasteiger partial charge in [-0.3, -0.25) is 0 Å². The highest BCUT2D eigenvalue weighted by molar-refractivity contribution is 5.53. The summed E-state index contributed by atoms with van der Waals surface area (Å²) in [5.74, 6) is -1.36. The normalized spacial score (nSPS) is 10.5. The molecule has 66 valence electrons. The highest BCUT2D eigenvalue weighted by Gasteiger charge is 2.06. The summed E-state index contributed by atoms with van der Waals surface area (Å²) in [6.07, 6.45) is -4.03. The van der Waals surface area contributed by atoms with Crippen LogP contribution in [0.3, 0.4) is 0 Å². The second-order valence-electron chi connectivity index (χ2n) is 1.26. The van der Waals surface area contributed by atoms with Crippen LogP contribution < -0.4 is 0 Å². The number of halogens is 3. The molecule has 0 radical (unpaired) electrons. The lowest BCUT2D eigenvalue weighted by atomic mass is 10.5. The Morgan fingerprint density at radius 1 is 1.45 bits per heavy atom. The van der Waals surface area contributed by atoms with Crippen molar-refractivity contribution in [3.05, 3.63) is 11.9 Å². The van der Waals surface area contributed by atoms with E-state index in [0.717, 1.165) is 6.08 Å². The van der Waals surface area contributed by atoms with Crippen molar-refractivity contribution in [2.75, 3.05) is 0 Å². The molecule has 0 aliphatic heterocycles. The molecule has 3 nitrogen and oxygen atoms in total. The van der Waals surface area contributed by atoms with Gasteiger partial charge in [0.25, 0.3) is 6.43 Å². The molecule has 6 heteroatoms. The maximum atomic E-state index is 11.4. The monoisotopic (exact) mass is 172 g/mol. The number of alkyl halides is 2. The van der Waals surface area contributed by atoms with Crippen LogP contribution in [0.2, 0.25) is 0 Å². The molecule has 11 heavy (non-hydrogen) atoms. The lowest BCUT2D eigenvalue weighted by Gasteiger charge is -1.87. The van der Waals surface area contributed by atoms with Gasteiger partial charge in [0.15, 0.2) is 5.83 Å². The van der Waals surface area contributed by atoms with Crippen molar-refractivity contribution in [2.24, 2.45) is 0 Å². The Hall–Kier alpha value is -1.20. The molecule has 0 bridgehead atoms. The molecule has 2 N–H and O–H groups in total. The second kappa shape index (κ2) is 6.91. The van der Waals surface area contributed by atoms with Crippen LogP contribution in [0.25, 0.3) is 0 Å². The van der Waals surface area contributed by atoms with Gasteiger partial charge in [-0.15, -0.1) is 0 Å². The zero-order valence-corrected chi connectivity index (χ0v) is 5.59. The fourth-order valence-electron chi connectivity index (χ4n) is 0.126. The van der Waals surface area contributed by atoms with Crippen molar-refractivity contribution in [3.63, 3.8) is 0 Å². The SMILES string of the molecule is CC=C(F)C(F)F.O=C(O)O. The van der Waals surface area contributed by atoms with E-state index < -0.39 is 18.4 Å². The lowest BCUT2D eigenvalue weighted by Crippen LogP contribution is -1.87. The van der Waals surface area contributed by atoms with Gasteiger partial charge in [-0.25, -0.2) is 18.0 Å². The molecule has 0 saturated heterocycles. The number of hydrogen-bond donors (Lipinski definition) is 2. The van der Waals surface area contributed by atoms with E-state index in [-0.39, 0.29) is 0 Å². The first-order valence-electron chi connectivity index (χ1n) is 2.43. The summed E-state index contributed by atoms with van der Waals surface area (Å²) in [7, 11) is 0. The Kier molecular flexibility index (Phi) is 7.84. The van der Waals surface area contributed by atoms with Crippen LogP contribution in [0.5, 0.6) is 0 Å². The lowest BCUT2D eigenvalue weighted by molar-refractivity contribution is 0.137. The predicted octanol–water partition coefficient (Wildman–Crippen LogP) is 2.35. The van der Waals surface area contributed by atoms with E-state index in [0.29, 0.717) is 0 Å². The molecule has 0 saturated carbocycles. The molecule has 0 heterocycles. The van der Waals surface area contributed by atoms with Gasteiger partial charge in [0.05, 0.1) is 0 Å². The maximum Gasteiger partial charge on any atom is 0.503 e. The van der Waals surface area contributed by atoms with E-state index in [1.807, 2.05) is 0 Å². The molecule has 0 spiro atoms. The Morgan fingerprint density at radius 2 is 1.73 bits per heavy atom. The van der Waals surface area contributed by atoms with Crippen LogP contribution in [0.1, 0.15) is 6.92 Å².